The largest absolute Gasteiger partial charge is 0.675 e. The van der Waals surface area contributed by atoms with E-state index in [2.05, 4.69) is 0 Å². The minimum atomic E-state index is 0.0752. The Bertz CT molecular complexity index is 86.7. The first-order valence-corrected chi connectivity index (χ1v) is 6.17. The molecule has 11 heavy (non-hydrogen) atoms. The minimum absolute atomic E-state index is 0.0752. The van der Waals surface area contributed by atoms with Crippen LogP contribution in [0.3, 0.4) is 0 Å². The first-order valence-electron chi connectivity index (χ1n) is 3.45. The van der Waals surface area contributed by atoms with E-state index in [-0.39, 0.29) is 12.1 Å². The van der Waals surface area contributed by atoms with E-state index in [1.54, 1.807) is 0 Å². The number of hydrogen-bond donors (Lipinski definition) is 0. The SMILES string of the molecule is [Cl][Ni+2][Cl].[NH-]C1CCCC([NH-])C1. The van der Waals surface area contributed by atoms with E-state index in [4.69, 9.17) is 31.9 Å². The van der Waals surface area contributed by atoms with Gasteiger partial charge in [0.2, 0.25) is 0 Å². The molecule has 1 aliphatic carbocycles. The summed E-state index contributed by atoms with van der Waals surface area (Å²) in [5, 5.41) is 0. The Hall–Kier alpha value is 0.994. The van der Waals surface area contributed by atoms with Gasteiger partial charge in [-0.05, 0) is 0 Å². The molecule has 0 spiro atoms. The summed E-state index contributed by atoms with van der Waals surface area (Å²) in [6.07, 6.45) is 3.95. The van der Waals surface area contributed by atoms with Crippen molar-refractivity contribution in [3.63, 3.8) is 0 Å². The normalized spacial score (nSPS) is 30.9. The van der Waals surface area contributed by atoms with Crippen LogP contribution in [0.1, 0.15) is 25.7 Å². The third-order valence-corrected chi connectivity index (χ3v) is 1.67. The van der Waals surface area contributed by atoms with Gasteiger partial charge in [0.25, 0.3) is 0 Å². The molecule has 1 aliphatic rings. The molecule has 0 bridgehead atoms. The summed E-state index contributed by atoms with van der Waals surface area (Å²) in [6.45, 7) is 0. The summed E-state index contributed by atoms with van der Waals surface area (Å²) < 4.78 is 0. The van der Waals surface area contributed by atoms with Crippen molar-refractivity contribution >= 4 is 20.4 Å². The summed E-state index contributed by atoms with van der Waals surface area (Å²) in [7, 11) is 9.40. The Morgan fingerprint density at radius 1 is 1.09 bits per heavy atom. The predicted molar refractivity (Wildman–Crippen MR) is 46.4 cm³/mol. The van der Waals surface area contributed by atoms with Gasteiger partial charge < -0.3 is 11.5 Å². The molecular formula is C6H12Cl2N2Ni. The molecule has 5 heteroatoms. The molecule has 0 saturated heterocycles. The zero-order chi connectivity index (χ0) is 8.69. The van der Waals surface area contributed by atoms with Gasteiger partial charge >= 0.3 is 33.0 Å². The molecule has 0 heterocycles. The number of hydrogen-bond acceptors (Lipinski definition) is 0. The van der Waals surface area contributed by atoms with Crippen LogP contribution in [0, 0.1) is 0 Å². The molecule has 1 rings (SSSR count). The van der Waals surface area contributed by atoms with Crippen molar-refractivity contribution in [1.29, 1.82) is 0 Å². The fourth-order valence-corrected chi connectivity index (χ4v) is 1.19. The van der Waals surface area contributed by atoms with Crippen molar-refractivity contribution in [3.8, 4) is 0 Å². The topological polar surface area (TPSA) is 47.6 Å². The summed E-state index contributed by atoms with van der Waals surface area (Å²) in [4.78, 5) is 0. The maximum Gasteiger partial charge on any atom is -0.0561 e. The molecule has 0 aromatic heterocycles. The predicted octanol–water partition coefficient (Wildman–Crippen LogP) is 3.78. The minimum Gasteiger partial charge on any atom is -0.675 e. The number of halogens is 2. The van der Waals surface area contributed by atoms with Crippen molar-refractivity contribution in [2.45, 2.75) is 37.8 Å². The van der Waals surface area contributed by atoms with Crippen LogP contribution in [0.15, 0.2) is 0 Å². The van der Waals surface area contributed by atoms with Crippen LogP contribution in [0.25, 0.3) is 11.5 Å². The van der Waals surface area contributed by atoms with Gasteiger partial charge in [0.1, 0.15) is 0 Å². The third kappa shape index (κ3) is 7.36. The van der Waals surface area contributed by atoms with Crippen molar-refractivity contribution in [2.24, 2.45) is 0 Å². The number of rotatable bonds is 0. The maximum absolute atomic E-state index is 7.28. The van der Waals surface area contributed by atoms with Crippen LogP contribution in [-0.4, -0.2) is 12.1 Å². The Labute approximate surface area is 82.3 Å². The van der Waals surface area contributed by atoms with E-state index < -0.39 is 0 Å². The van der Waals surface area contributed by atoms with Crippen LogP contribution in [-0.2, 0) is 12.7 Å². The first kappa shape index (κ1) is 12.0. The van der Waals surface area contributed by atoms with Gasteiger partial charge in [-0.2, -0.15) is 0 Å². The molecule has 2 atom stereocenters. The van der Waals surface area contributed by atoms with Gasteiger partial charge in [-0.25, -0.2) is 0 Å². The summed E-state index contributed by atoms with van der Waals surface area (Å²) in [5.74, 6) is 0. The van der Waals surface area contributed by atoms with Gasteiger partial charge in [-0.15, -0.1) is 12.1 Å². The van der Waals surface area contributed by atoms with Gasteiger partial charge in [-0.3, -0.25) is 0 Å². The summed E-state index contributed by atoms with van der Waals surface area (Å²) in [6, 6.07) is 0.150. The van der Waals surface area contributed by atoms with Crippen LogP contribution in [0.4, 0.5) is 0 Å². The Morgan fingerprint density at radius 2 is 1.45 bits per heavy atom. The molecule has 0 aliphatic heterocycles. The molecule has 1 fully saturated rings. The third-order valence-electron chi connectivity index (χ3n) is 1.67. The Balaban J connectivity index is 0.000000292. The van der Waals surface area contributed by atoms with Crippen molar-refractivity contribution in [2.75, 3.05) is 0 Å². The van der Waals surface area contributed by atoms with Gasteiger partial charge in [0, 0.05) is 0 Å². The smallest absolute Gasteiger partial charge is 0.0561 e. The van der Waals surface area contributed by atoms with Crippen molar-refractivity contribution < 1.29 is 12.7 Å². The van der Waals surface area contributed by atoms with Gasteiger partial charge in [0.05, 0.1) is 0 Å². The molecule has 0 radical (unpaired) electrons. The van der Waals surface area contributed by atoms with Crippen LogP contribution < -0.4 is 0 Å². The Kier molecular flexibility index (Phi) is 8.32. The van der Waals surface area contributed by atoms with Crippen molar-refractivity contribution in [1.82, 2.24) is 0 Å². The average molecular weight is 242 g/mol. The van der Waals surface area contributed by atoms with Gasteiger partial charge in [-0.1, -0.05) is 25.7 Å². The van der Waals surface area contributed by atoms with E-state index >= 15 is 0 Å². The molecule has 1 saturated carbocycles. The zero-order valence-corrected chi connectivity index (χ0v) is 8.55. The molecule has 0 aromatic carbocycles. The second-order valence-corrected chi connectivity index (χ2v) is 4.24. The van der Waals surface area contributed by atoms with Gasteiger partial charge in [0.15, 0.2) is 0 Å². The first-order chi connectivity index (χ1) is 5.20. The quantitative estimate of drug-likeness (QED) is 0.580. The number of nitrogens with one attached hydrogen (secondary N) is 2. The fraction of sp³-hybridized carbons (Fsp3) is 1.00. The monoisotopic (exact) mass is 240 g/mol. The van der Waals surface area contributed by atoms with Crippen molar-refractivity contribution in [3.05, 3.63) is 11.5 Å². The molecule has 70 valence electrons. The average Bonchev–Trinajstić information content (AvgIpc) is 1.88. The zero-order valence-electron chi connectivity index (χ0n) is 6.06. The maximum atomic E-state index is 7.28. The van der Waals surface area contributed by atoms with Crippen LogP contribution in [0.5, 0.6) is 0 Å². The van der Waals surface area contributed by atoms with E-state index in [0.717, 1.165) is 25.7 Å². The summed E-state index contributed by atoms with van der Waals surface area (Å²) >= 11 is 0.569. The van der Waals surface area contributed by atoms with E-state index in [1.165, 1.54) is 0 Å². The molecular weight excluding hydrogens is 230 g/mol. The molecule has 2 nitrogen and oxygen atoms in total. The molecule has 2 unspecified atom stereocenters. The second kappa shape index (κ2) is 7.63. The standard InChI is InChI=1S/C6H12N2.2ClH.Ni/c7-5-2-1-3-6(8)4-5;;;/h5-8H,1-4H2;2*1H;/q-2;;;+4/p-2. The Morgan fingerprint density at radius 3 is 1.64 bits per heavy atom. The fourth-order valence-electron chi connectivity index (χ4n) is 1.19. The van der Waals surface area contributed by atoms with E-state index in [0.29, 0.717) is 12.7 Å². The summed E-state index contributed by atoms with van der Waals surface area (Å²) in [5.41, 5.74) is 14.6. The van der Waals surface area contributed by atoms with Crippen LogP contribution >= 0.6 is 20.4 Å². The van der Waals surface area contributed by atoms with E-state index in [9.17, 15) is 0 Å². The molecule has 0 amide bonds. The van der Waals surface area contributed by atoms with E-state index in [1.807, 2.05) is 0 Å². The molecule has 0 aromatic rings. The van der Waals surface area contributed by atoms with Crippen LogP contribution in [0.2, 0.25) is 0 Å². The second-order valence-electron chi connectivity index (χ2n) is 2.61. The molecule has 2 N–H and O–H groups in total.